The Hall–Kier alpha value is -3.11. The van der Waals surface area contributed by atoms with Crippen LogP contribution in [-0.2, 0) is 17.9 Å². The molecule has 0 saturated carbocycles. The Morgan fingerprint density at radius 3 is 1.70 bits per heavy atom. The highest BCUT2D eigenvalue weighted by Crippen LogP contribution is 2.13. The Balaban J connectivity index is 1.38. The number of para-hydroxylation sites is 1. The number of hydrogen-bond donors (Lipinski definition) is 1. The summed E-state index contributed by atoms with van der Waals surface area (Å²) in [7, 11) is 0. The maximum Gasteiger partial charge on any atom is 0.278 e. The van der Waals surface area contributed by atoms with Gasteiger partial charge in [0.2, 0.25) is 0 Å². The largest absolute Gasteiger partial charge is 0.360 e. The molecular formula is C26H30N3O+. The molecule has 4 heteroatoms. The van der Waals surface area contributed by atoms with Crippen LogP contribution in [0.25, 0.3) is 0 Å². The molecule has 1 N–H and O–H groups in total. The second-order valence-corrected chi connectivity index (χ2v) is 7.97. The molecule has 0 radical (unpaired) electrons. The molecule has 1 fully saturated rings. The standard InChI is InChI=1S/C26H29N3O/c30-26(22-27-16-18-28(19-17-27)25-14-8-3-9-15-25)29(20-23-10-4-1-5-11-23)21-24-12-6-2-7-13-24/h1-15H,16-22H2/p+1. The van der Waals surface area contributed by atoms with Crippen molar-refractivity contribution in [2.75, 3.05) is 37.6 Å². The van der Waals surface area contributed by atoms with Gasteiger partial charge in [-0.3, -0.25) is 4.79 Å². The second kappa shape index (κ2) is 10.1. The molecule has 0 aliphatic carbocycles. The van der Waals surface area contributed by atoms with Crippen molar-refractivity contribution in [2.24, 2.45) is 0 Å². The first-order valence-corrected chi connectivity index (χ1v) is 10.8. The first kappa shape index (κ1) is 20.2. The van der Waals surface area contributed by atoms with Crippen LogP contribution >= 0.6 is 0 Å². The molecule has 0 atom stereocenters. The zero-order valence-corrected chi connectivity index (χ0v) is 17.4. The van der Waals surface area contributed by atoms with Crippen LogP contribution in [0.3, 0.4) is 0 Å². The fraction of sp³-hybridized carbons (Fsp3) is 0.269. The van der Waals surface area contributed by atoms with E-state index < -0.39 is 0 Å². The number of nitrogens with zero attached hydrogens (tertiary/aromatic N) is 2. The molecule has 4 nitrogen and oxygen atoms in total. The topological polar surface area (TPSA) is 28.0 Å². The molecular weight excluding hydrogens is 370 g/mol. The summed E-state index contributed by atoms with van der Waals surface area (Å²) in [6, 6.07) is 31.1. The molecule has 154 valence electrons. The summed E-state index contributed by atoms with van der Waals surface area (Å²) in [4.78, 5) is 19.1. The first-order valence-electron chi connectivity index (χ1n) is 10.8. The number of piperazine rings is 1. The molecule has 1 saturated heterocycles. The predicted octanol–water partition coefficient (Wildman–Crippen LogP) is 2.62. The smallest absolute Gasteiger partial charge is 0.278 e. The maximum absolute atomic E-state index is 13.3. The third kappa shape index (κ3) is 5.49. The number of benzene rings is 3. The lowest BCUT2D eigenvalue weighted by Gasteiger charge is -2.34. The number of hydrogen-bond acceptors (Lipinski definition) is 2. The fourth-order valence-corrected chi connectivity index (χ4v) is 4.06. The minimum absolute atomic E-state index is 0.228. The van der Waals surface area contributed by atoms with Crippen molar-refractivity contribution in [3.63, 3.8) is 0 Å². The lowest BCUT2D eigenvalue weighted by atomic mass is 10.1. The zero-order valence-electron chi connectivity index (χ0n) is 17.4. The van der Waals surface area contributed by atoms with Crippen LogP contribution in [0, 0.1) is 0 Å². The molecule has 4 rings (SSSR count). The van der Waals surface area contributed by atoms with E-state index in [-0.39, 0.29) is 5.91 Å². The summed E-state index contributed by atoms with van der Waals surface area (Å²) in [6.45, 7) is 5.82. The first-order chi connectivity index (χ1) is 14.8. The summed E-state index contributed by atoms with van der Waals surface area (Å²) in [5.41, 5.74) is 3.62. The van der Waals surface area contributed by atoms with Crippen molar-refractivity contribution in [2.45, 2.75) is 13.1 Å². The molecule has 1 aliphatic heterocycles. The Bertz CT molecular complexity index is 865. The van der Waals surface area contributed by atoms with Gasteiger partial charge in [0.05, 0.1) is 26.2 Å². The second-order valence-electron chi connectivity index (χ2n) is 7.97. The van der Waals surface area contributed by atoms with Gasteiger partial charge in [0.25, 0.3) is 5.91 Å². The molecule has 0 unspecified atom stereocenters. The molecule has 3 aromatic carbocycles. The summed E-state index contributed by atoms with van der Waals surface area (Å²) in [6.07, 6.45) is 0. The monoisotopic (exact) mass is 400 g/mol. The van der Waals surface area contributed by atoms with Crippen LogP contribution in [0.4, 0.5) is 5.69 Å². The number of carbonyl (C=O) groups is 1. The van der Waals surface area contributed by atoms with Crippen molar-refractivity contribution >= 4 is 11.6 Å². The van der Waals surface area contributed by atoms with Gasteiger partial charge in [-0.05, 0) is 23.3 Å². The summed E-state index contributed by atoms with van der Waals surface area (Å²) >= 11 is 0. The van der Waals surface area contributed by atoms with E-state index in [1.54, 1.807) is 0 Å². The average molecular weight is 401 g/mol. The third-order valence-corrected chi connectivity index (χ3v) is 5.78. The predicted molar refractivity (Wildman–Crippen MR) is 121 cm³/mol. The molecule has 0 bridgehead atoms. The SMILES string of the molecule is O=C(C[NH+]1CCN(c2ccccc2)CC1)N(Cc1ccccc1)Cc1ccccc1. The van der Waals surface area contributed by atoms with Crippen LogP contribution in [0.5, 0.6) is 0 Å². The lowest BCUT2D eigenvalue weighted by molar-refractivity contribution is -0.892. The van der Waals surface area contributed by atoms with E-state index >= 15 is 0 Å². The van der Waals surface area contributed by atoms with Gasteiger partial charge in [0.15, 0.2) is 6.54 Å². The highest BCUT2D eigenvalue weighted by Gasteiger charge is 2.25. The number of amides is 1. The van der Waals surface area contributed by atoms with Crippen LogP contribution in [0.1, 0.15) is 11.1 Å². The van der Waals surface area contributed by atoms with Crippen LogP contribution in [0.15, 0.2) is 91.0 Å². The minimum atomic E-state index is 0.228. The van der Waals surface area contributed by atoms with Crippen LogP contribution < -0.4 is 9.80 Å². The van der Waals surface area contributed by atoms with Gasteiger partial charge in [0, 0.05) is 18.8 Å². The summed E-state index contributed by atoms with van der Waals surface area (Å²) in [5, 5.41) is 0. The molecule has 1 aliphatic rings. The number of rotatable bonds is 7. The summed E-state index contributed by atoms with van der Waals surface area (Å²) in [5.74, 6) is 0.228. The fourth-order valence-electron chi connectivity index (χ4n) is 4.06. The highest BCUT2D eigenvalue weighted by molar-refractivity contribution is 5.77. The Morgan fingerprint density at radius 2 is 1.20 bits per heavy atom. The van der Waals surface area contributed by atoms with E-state index in [2.05, 4.69) is 59.5 Å². The Morgan fingerprint density at radius 1 is 0.733 bits per heavy atom. The van der Waals surface area contributed by atoms with Crippen molar-refractivity contribution in [1.82, 2.24) is 4.90 Å². The van der Waals surface area contributed by atoms with Crippen molar-refractivity contribution < 1.29 is 9.69 Å². The van der Waals surface area contributed by atoms with Gasteiger partial charge in [-0.2, -0.15) is 0 Å². The molecule has 3 aromatic rings. The van der Waals surface area contributed by atoms with Crippen molar-refractivity contribution in [3.8, 4) is 0 Å². The van der Waals surface area contributed by atoms with Gasteiger partial charge in [-0.1, -0.05) is 78.9 Å². The highest BCUT2D eigenvalue weighted by atomic mass is 16.2. The number of anilines is 1. The minimum Gasteiger partial charge on any atom is -0.360 e. The van der Waals surface area contributed by atoms with E-state index in [9.17, 15) is 4.79 Å². The zero-order chi connectivity index (χ0) is 20.6. The van der Waals surface area contributed by atoms with E-state index in [4.69, 9.17) is 0 Å². The average Bonchev–Trinajstić information content (AvgIpc) is 2.81. The van der Waals surface area contributed by atoms with Crippen LogP contribution in [-0.4, -0.2) is 43.5 Å². The Kier molecular flexibility index (Phi) is 6.78. The lowest BCUT2D eigenvalue weighted by Crippen LogP contribution is -3.15. The van der Waals surface area contributed by atoms with Crippen molar-refractivity contribution in [3.05, 3.63) is 102 Å². The van der Waals surface area contributed by atoms with Gasteiger partial charge < -0.3 is 14.7 Å². The third-order valence-electron chi connectivity index (χ3n) is 5.78. The Labute approximate surface area is 179 Å². The van der Waals surface area contributed by atoms with Gasteiger partial charge in [-0.15, -0.1) is 0 Å². The van der Waals surface area contributed by atoms with E-state index in [0.717, 1.165) is 26.2 Å². The van der Waals surface area contributed by atoms with Crippen LogP contribution in [0.2, 0.25) is 0 Å². The summed E-state index contributed by atoms with van der Waals surface area (Å²) < 4.78 is 0. The van der Waals surface area contributed by atoms with Crippen molar-refractivity contribution in [1.29, 1.82) is 0 Å². The number of quaternary nitrogens is 1. The van der Waals surface area contributed by atoms with Gasteiger partial charge >= 0.3 is 0 Å². The molecule has 1 amide bonds. The molecule has 0 aromatic heterocycles. The van der Waals surface area contributed by atoms with E-state index in [1.165, 1.54) is 21.7 Å². The van der Waals surface area contributed by atoms with E-state index in [1.807, 2.05) is 41.3 Å². The van der Waals surface area contributed by atoms with Gasteiger partial charge in [-0.25, -0.2) is 0 Å². The number of nitrogens with one attached hydrogen (secondary N) is 1. The quantitative estimate of drug-likeness (QED) is 0.660. The maximum atomic E-state index is 13.3. The normalized spacial score (nSPS) is 14.5. The van der Waals surface area contributed by atoms with Gasteiger partial charge in [0.1, 0.15) is 0 Å². The molecule has 30 heavy (non-hydrogen) atoms. The van der Waals surface area contributed by atoms with E-state index in [0.29, 0.717) is 19.6 Å². The molecule has 1 heterocycles. The number of carbonyl (C=O) groups excluding carboxylic acids is 1. The molecule has 0 spiro atoms.